The Morgan fingerprint density at radius 2 is 1.71 bits per heavy atom. The predicted octanol–water partition coefficient (Wildman–Crippen LogP) is 2.83. The molecule has 1 aromatic heterocycles. The van der Waals surface area contributed by atoms with Crippen molar-refractivity contribution in [1.82, 2.24) is 4.98 Å². The molecule has 0 spiro atoms. The Bertz CT molecular complexity index is 621. The maximum Gasteiger partial charge on any atom is 0.203 e. The van der Waals surface area contributed by atoms with Crippen LogP contribution in [-0.4, -0.2) is 26.3 Å². The Kier molecular flexibility index (Phi) is 4.69. The van der Waals surface area contributed by atoms with E-state index in [9.17, 15) is 0 Å². The van der Waals surface area contributed by atoms with Crippen LogP contribution in [-0.2, 0) is 0 Å². The zero-order valence-electron chi connectivity index (χ0n) is 12.9. The van der Waals surface area contributed by atoms with Crippen molar-refractivity contribution >= 4 is 11.3 Å². The van der Waals surface area contributed by atoms with Crippen molar-refractivity contribution < 1.29 is 14.2 Å². The summed E-state index contributed by atoms with van der Waals surface area (Å²) in [6, 6.07) is 3.35. The van der Waals surface area contributed by atoms with E-state index in [-0.39, 0.29) is 6.04 Å². The van der Waals surface area contributed by atoms with Crippen molar-refractivity contribution in [2.45, 2.75) is 19.9 Å². The fourth-order valence-electron chi connectivity index (χ4n) is 2.13. The molecule has 1 heterocycles. The summed E-state index contributed by atoms with van der Waals surface area (Å²) in [6.07, 6.45) is 0. The number of methoxy groups -OCH3 is 3. The monoisotopic (exact) mass is 308 g/mol. The summed E-state index contributed by atoms with van der Waals surface area (Å²) in [5.41, 5.74) is 8.19. The van der Waals surface area contributed by atoms with Gasteiger partial charge in [0.15, 0.2) is 11.5 Å². The van der Waals surface area contributed by atoms with Crippen molar-refractivity contribution in [1.29, 1.82) is 0 Å². The zero-order valence-corrected chi connectivity index (χ0v) is 13.7. The molecule has 0 saturated carbocycles. The van der Waals surface area contributed by atoms with Gasteiger partial charge in [-0.15, -0.1) is 11.3 Å². The van der Waals surface area contributed by atoms with Crippen molar-refractivity contribution in [2.24, 2.45) is 5.73 Å². The molecule has 2 aromatic rings. The molecule has 0 radical (unpaired) electrons. The van der Waals surface area contributed by atoms with E-state index >= 15 is 0 Å². The van der Waals surface area contributed by atoms with Crippen LogP contribution in [0.4, 0.5) is 0 Å². The van der Waals surface area contributed by atoms with Gasteiger partial charge in [0.2, 0.25) is 5.75 Å². The van der Waals surface area contributed by atoms with Gasteiger partial charge in [-0.3, -0.25) is 0 Å². The maximum absolute atomic E-state index is 6.36. The second-order valence-electron chi connectivity index (χ2n) is 4.59. The van der Waals surface area contributed by atoms with Crippen LogP contribution in [0, 0.1) is 13.8 Å². The number of rotatable bonds is 5. The predicted molar refractivity (Wildman–Crippen MR) is 83.7 cm³/mol. The second-order valence-corrected chi connectivity index (χ2v) is 5.83. The zero-order chi connectivity index (χ0) is 15.6. The molecule has 114 valence electrons. The SMILES string of the molecule is COc1ccc(C(N)c2nc(C)c(C)s2)c(OC)c1OC. The van der Waals surface area contributed by atoms with Gasteiger partial charge in [0, 0.05) is 10.4 Å². The average Bonchev–Trinajstić information content (AvgIpc) is 2.84. The van der Waals surface area contributed by atoms with Gasteiger partial charge in [-0.1, -0.05) is 0 Å². The van der Waals surface area contributed by atoms with Crippen LogP contribution < -0.4 is 19.9 Å². The Morgan fingerprint density at radius 3 is 2.19 bits per heavy atom. The van der Waals surface area contributed by atoms with E-state index in [2.05, 4.69) is 4.98 Å². The van der Waals surface area contributed by atoms with E-state index in [1.807, 2.05) is 26.0 Å². The molecule has 1 atom stereocenters. The lowest BCUT2D eigenvalue weighted by Crippen LogP contribution is -2.13. The third-order valence-corrected chi connectivity index (χ3v) is 4.54. The minimum atomic E-state index is -0.364. The van der Waals surface area contributed by atoms with Crippen LogP contribution in [0.2, 0.25) is 0 Å². The molecule has 2 N–H and O–H groups in total. The number of nitrogens with two attached hydrogens (primary N) is 1. The summed E-state index contributed by atoms with van der Waals surface area (Å²) in [4.78, 5) is 5.69. The third-order valence-electron chi connectivity index (χ3n) is 3.38. The number of benzene rings is 1. The van der Waals surface area contributed by atoms with Gasteiger partial charge >= 0.3 is 0 Å². The van der Waals surface area contributed by atoms with Gasteiger partial charge in [0.1, 0.15) is 5.01 Å². The largest absolute Gasteiger partial charge is 0.493 e. The van der Waals surface area contributed by atoms with Crippen LogP contribution in [0.15, 0.2) is 12.1 Å². The van der Waals surface area contributed by atoms with Crippen molar-refractivity contribution in [2.75, 3.05) is 21.3 Å². The van der Waals surface area contributed by atoms with Crippen LogP contribution in [0.1, 0.15) is 27.2 Å². The van der Waals surface area contributed by atoms with Gasteiger partial charge in [-0.25, -0.2) is 4.98 Å². The lowest BCUT2D eigenvalue weighted by Gasteiger charge is -2.18. The number of aryl methyl sites for hydroxylation is 2. The first-order chi connectivity index (χ1) is 10.0. The van der Waals surface area contributed by atoms with Gasteiger partial charge in [0.25, 0.3) is 0 Å². The molecule has 0 amide bonds. The molecule has 1 aromatic carbocycles. The highest BCUT2D eigenvalue weighted by atomic mass is 32.1. The van der Waals surface area contributed by atoms with Crippen LogP contribution in [0.25, 0.3) is 0 Å². The highest BCUT2D eigenvalue weighted by Crippen LogP contribution is 2.43. The lowest BCUT2D eigenvalue weighted by atomic mass is 10.1. The Hall–Kier alpha value is -1.79. The molecule has 0 saturated heterocycles. The third kappa shape index (κ3) is 2.82. The summed E-state index contributed by atoms with van der Waals surface area (Å²) in [7, 11) is 4.75. The van der Waals surface area contributed by atoms with Gasteiger partial charge < -0.3 is 19.9 Å². The summed E-state index contributed by atoms with van der Waals surface area (Å²) in [5, 5.41) is 0.857. The van der Waals surface area contributed by atoms with E-state index in [1.54, 1.807) is 32.7 Å². The average molecular weight is 308 g/mol. The maximum atomic E-state index is 6.36. The topological polar surface area (TPSA) is 66.6 Å². The first-order valence-corrected chi connectivity index (χ1v) is 7.33. The van der Waals surface area contributed by atoms with Crippen molar-refractivity contribution in [3.63, 3.8) is 0 Å². The molecular weight excluding hydrogens is 288 g/mol. The highest BCUT2D eigenvalue weighted by Gasteiger charge is 2.23. The number of hydrogen-bond donors (Lipinski definition) is 1. The first kappa shape index (κ1) is 15.6. The molecule has 0 aliphatic carbocycles. The summed E-state index contributed by atoms with van der Waals surface area (Å²) in [6.45, 7) is 4.02. The second kappa shape index (κ2) is 6.32. The number of thiazole rings is 1. The standard InChI is InChI=1S/C15H20N2O3S/c1-8-9(2)21-15(17-8)12(16)10-6-7-11(18-3)14(20-5)13(10)19-4/h6-7,12H,16H2,1-5H3. The Balaban J connectivity index is 2.52. The van der Waals surface area contributed by atoms with Crippen LogP contribution in [0.5, 0.6) is 17.2 Å². The number of aromatic nitrogens is 1. The van der Waals surface area contributed by atoms with E-state index in [0.29, 0.717) is 17.2 Å². The summed E-state index contributed by atoms with van der Waals surface area (Å²) in [5.74, 6) is 1.73. The molecule has 0 aliphatic rings. The number of ether oxygens (including phenoxy) is 3. The molecule has 0 bridgehead atoms. The van der Waals surface area contributed by atoms with E-state index in [0.717, 1.165) is 16.3 Å². The molecule has 0 fully saturated rings. The smallest absolute Gasteiger partial charge is 0.203 e. The first-order valence-electron chi connectivity index (χ1n) is 6.51. The molecule has 5 nitrogen and oxygen atoms in total. The molecule has 2 rings (SSSR count). The summed E-state index contributed by atoms with van der Waals surface area (Å²) < 4.78 is 16.2. The fraction of sp³-hybridized carbons (Fsp3) is 0.400. The molecule has 0 aliphatic heterocycles. The minimum Gasteiger partial charge on any atom is -0.493 e. The number of hydrogen-bond acceptors (Lipinski definition) is 6. The Labute approximate surface area is 128 Å². The van der Waals surface area contributed by atoms with Crippen molar-refractivity contribution in [3.05, 3.63) is 33.3 Å². The molecule has 6 heteroatoms. The molecule has 21 heavy (non-hydrogen) atoms. The Morgan fingerprint density at radius 1 is 1.05 bits per heavy atom. The van der Waals surface area contributed by atoms with E-state index in [4.69, 9.17) is 19.9 Å². The van der Waals surface area contributed by atoms with Gasteiger partial charge in [-0.05, 0) is 26.0 Å². The fourth-order valence-corrected chi connectivity index (χ4v) is 3.08. The van der Waals surface area contributed by atoms with Gasteiger partial charge in [0.05, 0.1) is 33.1 Å². The van der Waals surface area contributed by atoms with Crippen LogP contribution >= 0.6 is 11.3 Å². The quantitative estimate of drug-likeness (QED) is 0.920. The minimum absolute atomic E-state index is 0.364. The highest BCUT2D eigenvalue weighted by molar-refractivity contribution is 7.11. The lowest BCUT2D eigenvalue weighted by molar-refractivity contribution is 0.321. The number of nitrogens with zero attached hydrogens (tertiary/aromatic N) is 1. The normalized spacial score (nSPS) is 12.1. The van der Waals surface area contributed by atoms with E-state index in [1.165, 1.54) is 4.88 Å². The van der Waals surface area contributed by atoms with Crippen LogP contribution in [0.3, 0.4) is 0 Å². The van der Waals surface area contributed by atoms with Crippen molar-refractivity contribution in [3.8, 4) is 17.2 Å². The molecule has 1 unspecified atom stereocenters. The van der Waals surface area contributed by atoms with Gasteiger partial charge in [-0.2, -0.15) is 0 Å². The molecular formula is C15H20N2O3S. The summed E-state index contributed by atoms with van der Waals surface area (Å²) >= 11 is 1.60. The van der Waals surface area contributed by atoms with E-state index < -0.39 is 0 Å².